The molecule has 0 saturated heterocycles. The number of anilines is 3. The first kappa shape index (κ1) is 10.1. The minimum atomic E-state index is 0.708. The number of pyridine rings is 1. The highest BCUT2D eigenvalue weighted by molar-refractivity contribution is 7.17. The van der Waals surface area contributed by atoms with Crippen LogP contribution in [0.25, 0.3) is 10.1 Å². The smallest absolute Gasteiger partial charge is 0.132 e. The van der Waals surface area contributed by atoms with Crippen molar-refractivity contribution in [1.82, 2.24) is 4.98 Å². The van der Waals surface area contributed by atoms with Gasteiger partial charge >= 0.3 is 0 Å². The number of nitrogens with two attached hydrogens (primary N) is 1. The Bertz CT molecular complexity index is 660. The zero-order chi connectivity index (χ0) is 11.7. The molecule has 2 heterocycles. The molecular weight excluding hydrogens is 230 g/mol. The van der Waals surface area contributed by atoms with Gasteiger partial charge in [-0.25, -0.2) is 4.98 Å². The van der Waals surface area contributed by atoms with E-state index >= 15 is 0 Å². The molecular formula is C13H11N3S. The summed E-state index contributed by atoms with van der Waals surface area (Å²) in [5, 5.41) is 6.57. The Balaban J connectivity index is 1.94. The molecule has 17 heavy (non-hydrogen) atoms. The van der Waals surface area contributed by atoms with Crippen molar-refractivity contribution in [3.05, 3.63) is 48.0 Å². The molecule has 0 aliphatic carbocycles. The number of nitrogen functional groups attached to an aromatic ring is 1. The summed E-state index contributed by atoms with van der Waals surface area (Å²) in [6.07, 6.45) is 1.70. The van der Waals surface area contributed by atoms with Gasteiger partial charge in [0.05, 0.1) is 0 Å². The van der Waals surface area contributed by atoms with Gasteiger partial charge in [-0.05, 0) is 41.1 Å². The molecule has 0 spiro atoms. The molecule has 3 aromatic rings. The molecule has 0 unspecified atom stereocenters. The minimum absolute atomic E-state index is 0.708. The number of nitrogens with one attached hydrogen (secondary N) is 1. The molecule has 0 atom stereocenters. The Labute approximate surface area is 103 Å². The van der Waals surface area contributed by atoms with Gasteiger partial charge in [-0.3, -0.25) is 0 Å². The van der Waals surface area contributed by atoms with Crippen molar-refractivity contribution in [2.45, 2.75) is 0 Å². The van der Waals surface area contributed by atoms with Crippen LogP contribution < -0.4 is 11.1 Å². The fourth-order valence-electron chi connectivity index (χ4n) is 1.71. The number of nitrogens with zero attached hydrogens (tertiary/aromatic N) is 1. The molecule has 0 bridgehead atoms. The number of aromatic nitrogens is 1. The van der Waals surface area contributed by atoms with Crippen molar-refractivity contribution < 1.29 is 0 Å². The lowest BCUT2D eigenvalue weighted by Gasteiger charge is -2.05. The van der Waals surface area contributed by atoms with Crippen LogP contribution in [0.1, 0.15) is 0 Å². The SMILES string of the molecule is Nc1ccnc(Nc2ccc3sccc3c2)c1. The Hall–Kier alpha value is -2.07. The number of fused-ring (bicyclic) bond motifs is 1. The van der Waals surface area contributed by atoms with Crippen LogP contribution in [0.2, 0.25) is 0 Å². The highest BCUT2D eigenvalue weighted by Crippen LogP contribution is 2.25. The van der Waals surface area contributed by atoms with Crippen LogP contribution in [0.4, 0.5) is 17.2 Å². The molecule has 0 amide bonds. The first-order valence-corrected chi connectivity index (χ1v) is 6.15. The van der Waals surface area contributed by atoms with Gasteiger partial charge in [0, 0.05) is 28.3 Å². The first-order valence-electron chi connectivity index (χ1n) is 5.27. The summed E-state index contributed by atoms with van der Waals surface area (Å²) < 4.78 is 1.29. The van der Waals surface area contributed by atoms with Crippen LogP contribution in [0, 0.1) is 0 Å². The van der Waals surface area contributed by atoms with Crippen LogP contribution in [-0.4, -0.2) is 4.98 Å². The first-order chi connectivity index (χ1) is 8.31. The summed E-state index contributed by atoms with van der Waals surface area (Å²) in [5.74, 6) is 0.763. The van der Waals surface area contributed by atoms with Crippen LogP contribution >= 0.6 is 11.3 Å². The summed E-state index contributed by atoms with van der Waals surface area (Å²) in [4.78, 5) is 4.21. The third-order valence-electron chi connectivity index (χ3n) is 2.51. The predicted octanol–water partition coefficient (Wildman–Crippen LogP) is 3.62. The van der Waals surface area contributed by atoms with E-state index in [1.807, 2.05) is 12.1 Å². The van der Waals surface area contributed by atoms with Crippen LogP contribution in [0.3, 0.4) is 0 Å². The maximum atomic E-state index is 5.71. The summed E-state index contributed by atoms with van der Waals surface area (Å²) >= 11 is 1.74. The van der Waals surface area contributed by atoms with Gasteiger partial charge in [-0.1, -0.05) is 0 Å². The zero-order valence-corrected chi connectivity index (χ0v) is 9.87. The van der Waals surface area contributed by atoms with E-state index < -0.39 is 0 Å². The van der Waals surface area contributed by atoms with Crippen LogP contribution in [-0.2, 0) is 0 Å². The highest BCUT2D eigenvalue weighted by Gasteiger charge is 1.99. The van der Waals surface area contributed by atoms with Crippen molar-refractivity contribution >= 4 is 38.6 Å². The van der Waals surface area contributed by atoms with Gasteiger partial charge in [0.1, 0.15) is 5.82 Å². The van der Waals surface area contributed by atoms with E-state index in [1.54, 1.807) is 23.6 Å². The maximum absolute atomic E-state index is 5.71. The second kappa shape index (κ2) is 4.07. The summed E-state index contributed by atoms with van der Waals surface area (Å²) in [6, 6.07) is 12.0. The number of rotatable bonds is 2. The Morgan fingerprint density at radius 2 is 2.06 bits per heavy atom. The molecule has 3 nitrogen and oxygen atoms in total. The van der Waals surface area contributed by atoms with Crippen molar-refractivity contribution in [2.75, 3.05) is 11.1 Å². The molecule has 84 valence electrons. The van der Waals surface area contributed by atoms with E-state index in [2.05, 4.69) is 33.9 Å². The van der Waals surface area contributed by atoms with Crippen molar-refractivity contribution in [3.8, 4) is 0 Å². The molecule has 0 saturated carbocycles. The fourth-order valence-corrected chi connectivity index (χ4v) is 2.48. The minimum Gasteiger partial charge on any atom is -0.399 e. The van der Waals surface area contributed by atoms with Crippen molar-refractivity contribution in [2.24, 2.45) is 0 Å². The van der Waals surface area contributed by atoms with Crippen molar-refractivity contribution in [3.63, 3.8) is 0 Å². The third kappa shape index (κ3) is 2.07. The topological polar surface area (TPSA) is 50.9 Å². The summed E-state index contributed by atoms with van der Waals surface area (Å²) in [7, 11) is 0. The third-order valence-corrected chi connectivity index (χ3v) is 3.41. The standard InChI is InChI=1S/C13H11N3S/c14-10-3-5-15-13(8-10)16-11-1-2-12-9(7-11)4-6-17-12/h1-8H,(H3,14,15,16). The fraction of sp³-hybridized carbons (Fsp3) is 0. The number of hydrogen-bond acceptors (Lipinski definition) is 4. The largest absolute Gasteiger partial charge is 0.399 e. The molecule has 0 fully saturated rings. The monoisotopic (exact) mass is 241 g/mol. The molecule has 0 aliphatic rings. The highest BCUT2D eigenvalue weighted by atomic mass is 32.1. The molecule has 0 aliphatic heterocycles. The van der Waals surface area contributed by atoms with Gasteiger partial charge in [-0.15, -0.1) is 11.3 Å². The van der Waals surface area contributed by atoms with E-state index in [1.165, 1.54) is 10.1 Å². The molecule has 0 radical (unpaired) electrons. The Kier molecular flexibility index (Phi) is 2.42. The van der Waals surface area contributed by atoms with Crippen molar-refractivity contribution in [1.29, 1.82) is 0 Å². The lowest BCUT2D eigenvalue weighted by atomic mass is 10.2. The Morgan fingerprint density at radius 1 is 1.12 bits per heavy atom. The van der Waals surface area contributed by atoms with Gasteiger partial charge in [0.15, 0.2) is 0 Å². The lowest BCUT2D eigenvalue weighted by molar-refractivity contribution is 1.31. The van der Waals surface area contributed by atoms with Gasteiger partial charge in [-0.2, -0.15) is 0 Å². The summed E-state index contributed by atoms with van der Waals surface area (Å²) in [5.41, 5.74) is 7.44. The zero-order valence-electron chi connectivity index (χ0n) is 9.05. The van der Waals surface area contributed by atoms with E-state index in [0.29, 0.717) is 5.69 Å². The molecule has 3 N–H and O–H groups in total. The Morgan fingerprint density at radius 3 is 2.94 bits per heavy atom. The van der Waals surface area contributed by atoms with E-state index in [9.17, 15) is 0 Å². The van der Waals surface area contributed by atoms with Crippen LogP contribution in [0.15, 0.2) is 48.0 Å². The second-order valence-corrected chi connectivity index (χ2v) is 4.72. The van der Waals surface area contributed by atoms with E-state index in [4.69, 9.17) is 5.73 Å². The van der Waals surface area contributed by atoms with Gasteiger partial charge < -0.3 is 11.1 Å². The molecule has 4 heteroatoms. The van der Waals surface area contributed by atoms with Gasteiger partial charge in [0.2, 0.25) is 0 Å². The molecule has 2 aromatic heterocycles. The predicted molar refractivity (Wildman–Crippen MR) is 73.8 cm³/mol. The quantitative estimate of drug-likeness (QED) is 0.720. The number of hydrogen-bond donors (Lipinski definition) is 2. The number of thiophene rings is 1. The lowest BCUT2D eigenvalue weighted by Crippen LogP contribution is -1.94. The molecule has 1 aromatic carbocycles. The molecule has 3 rings (SSSR count). The average molecular weight is 241 g/mol. The van der Waals surface area contributed by atoms with Gasteiger partial charge in [0.25, 0.3) is 0 Å². The second-order valence-electron chi connectivity index (χ2n) is 3.77. The maximum Gasteiger partial charge on any atom is 0.132 e. The normalized spacial score (nSPS) is 10.6. The van der Waals surface area contributed by atoms with E-state index in [0.717, 1.165) is 11.5 Å². The average Bonchev–Trinajstić information content (AvgIpc) is 2.76. The van der Waals surface area contributed by atoms with Crippen LogP contribution in [0.5, 0.6) is 0 Å². The number of benzene rings is 1. The van der Waals surface area contributed by atoms with E-state index in [-0.39, 0.29) is 0 Å². The summed E-state index contributed by atoms with van der Waals surface area (Å²) in [6.45, 7) is 0.